The Bertz CT molecular complexity index is 1690. The Labute approximate surface area is 266 Å². The van der Waals surface area contributed by atoms with E-state index in [2.05, 4.69) is 0 Å². The maximum absolute atomic E-state index is 13.1. The molecule has 0 saturated carbocycles. The van der Waals surface area contributed by atoms with Crippen molar-refractivity contribution in [3.63, 3.8) is 0 Å². The van der Waals surface area contributed by atoms with Gasteiger partial charge >= 0.3 is 0 Å². The molecule has 0 aliphatic heterocycles. The molecule has 0 saturated heterocycles. The highest BCUT2D eigenvalue weighted by Gasteiger charge is 2.19. The number of phenols is 2. The van der Waals surface area contributed by atoms with Crippen molar-refractivity contribution in [3.8, 4) is 57.1 Å². The van der Waals surface area contributed by atoms with Crippen LogP contribution in [0.2, 0.25) is 0 Å². The first-order chi connectivity index (χ1) is 22.2. The average molecular weight is 627 g/mol. The van der Waals surface area contributed by atoms with Crippen molar-refractivity contribution in [2.75, 3.05) is 42.7 Å². The normalized spacial score (nSPS) is 11.0. The number of aromatic hydroxyl groups is 2. The molecule has 0 spiro atoms. The van der Waals surface area contributed by atoms with Crippen LogP contribution in [0.25, 0.3) is 23.3 Å². The molecule has 10 heteroatoms. The lowest BCUT2D eigenvalue weighted by Gasteiger charge is -2.14. The lowest BCUT2D eigenvalue weighted by molar-refractivity contribution is 0.103. The third-order valence-corrected chi connectivity index (χ3v) is 7.11. The zero-order chi connectivity index (χ0) is 33.4. The Kier molecular flexibility index (Phi) is 10.6. The third kappa shape index (κ3) is 7.07. The minimum Gasteiger partial charge on any atom is -0.507 e. The second-order valence-electron chi connectivity index (χ2n) is 9.76. The molecule has 0 aliphatic rings. The van der Waals surface area contributed by atoms with Crippen molar-refractivity contribution in [1.82, 2.24) is 0 Å². The second kappa shape index (κ2) is 14.7. The molecular formula is C36H34O10. The lowest BCUT2D eigenvalue weighted by atomic mass is 9.97. The van der Waals surface area contributed by atoms with Gasteiger partial charge in [0, 0.05) is 35.4 Å². The fourth-order valence-corrected chi connectivity index (χ4v) is 4.80. The van der Waals surface area contributed by atoms with Gasteiger partial charge in [-0.3, -0.25) is 9.59 Å². The van der Waals surface area contributed by atoms with Crippen LogP contribution in [0.1, 0.15) is 31.8 Å². The topological polar surface area (TPSA) is 130 Å². The van der Waals surface area contributed by atoms with Gasteiger partial charge in [-0.25, -0.2) is 0 Å². The number of phenolic OH excluding ortho intramolecular Hbond substituents is 2. The number of hydrogen-bond donors (Lipinski definition) is 2. The molecule has 0 fully saturated rings. The van der Waals surface area contributed by atoms with Crippen LogP contribution in [0.3, 0.4) is 0 Å². The second-order valence-corrected chi connectivity index (χ2v) is 9.76. The molecule has 0 unspecified atom stereocenters. The molecule has 0 atom stereocenters. The SMILES string of the molecule is COc1cc(O)c(C(=O)/C=C/c2ccc(OC)c(-c3cc(/C=C/C(=O)c4c(O)cc(OC)cc4OC)ccc3OC)c2)c(OC)c1. The van der Waals surface area contributed by atoms with Gasteiger partial charge in [0.2, 0.25) is 0 Å². The number of methoxy groups -OCH3 is 6. The van der Waals surface area contributed by atoms with E-state index in [4.69, 9.17) is 28.4 Å². The number of carbonyl (C=O) groups excluding carboxylic acids is 2. The minimum absolute atomic E-state index is 0.00423. The Morgan fingerprint density at radius 3 is 1.20 bits per heavy atom. The number of carbonyl (C=O) groups is 2. The molecular weight excluding hydrogens is 592 g/mol. The molecule has 0 radical (unpaired) electrons. The van der Waals surface area contributed by atoms with E-state index in [0.29, 0.717) is 45.3 Å². The van der Waals surface area contributed by atoms with Crippen molar-refractivity contribution in [3.05, 3.63) is 95.1 Å². The maximum Gasteiger partial charge on any atom is 0.193 e. The van der Waals surface area contributed by atoms with E-state index in [1.54, 1.807) is 50.6 Å². The number of benzene rings is 4. The van der Waals surface area contributed by atoms with E-state index >= 15 is 0 Å². The first-order valence-electron chi connectivity index (χ1n) is 13.9. The van der Waals surface area contributed by atoms with Gasteiger partial charge in [-0.05, 0) is 47.5 Å². The fourth-order valence-electron chi connectivity index (χ4n) is 4.80. The number of allylic oxidation sites excluding steroid dienone is 2. The molecule has 0 heterocycles. The summed E-state index contributed by atoms with van der Waals surface area (Å²) in [4.78, 5) is 26.2. The summed E-state index contributed by atoms with van der Waals surface area (Å²) in [6, 6.07) is 16.4. The van der Waals surface area contributed by atoms with Crippen molar-refractivity contribution in [2.24, 2.45) is 0 Å². The largest absolute Gasteiger partial charge is 0.507 e. The van der Waals surface area contributed by atoms with E-state index in [-0.39, 0.29) is 34.1 Å². The summed E-state index contributed by atoms with van der Waals surface area (Å²) in [5.74, 6) is 0.665. The fraction of sp³-hybridized carbons (Fsp3) is 0.167. The summed E-state index contributed by atoms with van der Waals surface area (Å²) in [5.41, 5.74) is 2.66. The first-order valence-corrected chi connectivity index (χ1v) is 13.9. The number of ether oxygens (including phenoxy) is 6. The van der Waals surface area contributed by atoms with E-state index in [0.717, 1.165) is 0 Å². The van der Waals surface area contributed by atoms with Crippen LogP contribution in [0, 0.1) is 0 Å². The Hall–Kier alpha value is -5.90. The van der Waals surface area contributed by atoms with Gasteiger partial charge in [-0.1, -0.05) is 24.3 Å². The van der Waals surface area contributed by atoms with E-state index in [1.165, 1.54) is 64.9 Å². The van der Waals surface area contributed by atoms with Gasteiger partial charge in [-0.15, -0.1) is 0 Å². The Morgan fingerprint density at radius 1 is 0.500 bits per heavy atom. The summed E-state index contributed by atoms with van der Waals surface area (Å²) >= 11 is 0. The maximum atomic E-state index is 13.1. The molecule has 2 N–H and O–H groups in total. The summed E-state index contributed by atoms with van der Waals surface area (Å²) in [5, 5.41) is 20.9. The van der Waals surface area contributed by atoms with E-state index in [1.807, 2.05) is 12.1 Å². The predicted octanol–water partition coefficient (Wildman–Crippen LogP) is 6.61. The molecule has 4 aromatic rings. The number of ketones is 2. The van der Waals surface area contributed by atoms with Crippen LogP contribution in [0.15, 0.2) is 72.8 Å². The van der Waals surface area contributed by atoms with Crippen molar-refractivity contribution in [1.29, 1.82) is 0 Å². The van der Waals surface area contributed by atoms with Crippen molar-refractivity contribution >= 4 is 23.7 Å². The molecule has 46 heavy (non-hydrogen) atoms. The predicted molar refractivity (Wildman–Crippen MR) is 174 cm³/mol. The molecule has 10 nitrogen and oxygen atoms in total. The van der Waals surface area contributed by atoms with E-state index < -0.39 is 11.6 Å². The van der Waals surface area contributed by atoms with Crippen LogP contribution in [-0.4, -0.2) is 64.4 Å². The van der Waals surface area contributed by atoms with Crippen LogP contribution in [-0.2, 0) is 0 Å². The van der Waals surface area contributed by atoms with Gasteiger partial charge in [0.25, 0.3) is 0 Å². The van der Waals surface area contributed by atoms with Gasteiger partial charge < -0.3 is 38.6 Å². The number of hydrogen-bond acceptors (Lipinski definition) is 10. The molecule has 0 aromatic heterocycles. The molecule has 4 rings (SSSR count). The smallest absolute Gasteiger partial charge is 0.193 e. The van der Waals surface area contributed by atoms with Gasteiger partial charge in [0.05, 0.1) is 42.7 Å². The Morgan fingerprint density at radius 2 is 0.870 bits per heavy atom. The highest BCUT2D eigenvalue weighted by Crippen LogP contribution is 2.39. The summed E-state index contributed by atoms with van der Waals surface area (Å²) in [6.45, 7) is 0. The van der Waals surface area contributed by atoms with Crippen LogP contribution in [0.5, 0.6) is 46.0 Å². The summed E-state index contributed by atoms with van der Waals surface area (Å²) in [6.07, 6.45) is 5.89. The zero-order valence-electron chi connectivity index (χ0n) is 26.2. The monoisotopic (exact) mass is 626 g/mol. The van der Waals surface area contributed by atoms with Gasteiger partial charge in [-0.2, -0.15) is 0 Å². The highest BCUT2D eigenvalue weighted by atomic mass is 16.5. The van der Waals surface area contributed by atoms with Gasteiger partial charge in [0.1, 0.15) is 57.1 Å². The third-order valence-electron chi connectivity index (χ3n) is 7.11. The lowest BCUT2D eigenvalue weighted by Crippen LogP contribution is -2.01. The molecule has 0 aliphatic carbocycles. The molecule has 238 valence electrons. The zero-order valence-corrected chi connectivity index (χ0v) is 26.2. The highest BCUT2D eigenvalue weighted by molar-refractivity contribution is 6.11. The van der Waals surface area contributed by atoms with Crippen LogP contribution in [0.4, 0.5) is 0 Å². The average Bonchev–Trinajstić information content (AvgIpc) is 3.08. The molecule has 0 bridgehead atoms. The van der Waals surface area contributed by atoms with Crippen molar-refractivity contribution in [2.45, 2.75) is 0 Å². The molecule has 4 aromatic carbocycles. The van der Waals surface area contributed by atoms with Crippen molar-refractivity contribution < 1.29 is 48.2 Å². The first kappa shape index (κ1) is 33.0. The minimum atomic E-state index is -0.469. The quantitative estimate of drug-likeness (QED) is 0.124. The molecule has 0 amide bonds. The van der Waals surface area contributed by atoms with E-state index in [9.17, 15) is 19.8 Å². The van der Waals surface area contributed by atoms with Gasteiger partial charge in [0.15, 0.2) is 11.6 Å². The summed E-state index contributed by atoms with van der Waals surface area (Å²) in [7, 11) is 8.78. The standard InChI is InChI=1S/C36H34O10/c1-41-23-17-29(39)35(33(19-23)45-5)27(37)11-7-21-9-13-31(43-3)25(15-21)26-16-22(10-14-32(26)44-4)8-12-28(38)36-30(40)18-24(42-2)20-34(36)46-6/h7-20,39-40H,1-6H3/b11-7+,12-8+. The van der Waals surface area contributed by atoms with Crippen LogP contribution >= 0.6 is 0 Å². The Balaban J connectivity index is 1.69. The summed E-state index contributed by atoms with van der Waals surface area (Å²) < 4.78 is 32.2. The van der Waals surface area contributed by atoms with Crippen LogP contribution < -0.4 is 28.4 Å². The number of rotatable bonds is 13.